The summed E-state index contributed by atoms with van der Waals surface area (Å²) in [6.45, 7) is 1.66. The third-order valence-corrected chi connectivity index (χ3v) is 3.05. The van der Waals surface area contributed by atoms with Crippen molar-refractivity contribution in [2.75, 3.05) is 0 Å². The van der Waals surface area contributed by atoms with Gasteiger partial charge in [-0.25, -0.2) is 0 Å². The van der Waals surface area contributed by atoms with Crippen LogP contribution in [0.3, 0.4) is 0 Å². The Bertz CT molecular complexity index is 178. The predicted octanol–water partition coefficient (Wildman–Crippen LogP) is 2.11. The van der Waals surface area contributed by atoms with Crippen molar-refractivity contribution in [3.05, 3.63) is 0 Å². The Morgan fingerprint density at radius 3 is 2.42 bits per heavy atom. The van der Waals surface area contributed by atoms with Gasteiger partial charge in [0.05, 0.1) is 0 Å². The molecule has 1 fully saturated rings. The number of rotatable bonds is 4. The Morgan fingerprint density at radius 2 is 2.00 bits per heavy atom. The van der Waals surface area contributed by atoms with Crippen LogP contribution in [0.15, 0.2) is 0 Å². The molecule has 0 saturated heterocycles. The van der Waals surface area contributed by atoms with E-state index in [-0.39, 0.29) is 11.2 Å². The number of aldehydes is 1. The zero-order valence-corrected chi connectivity index (χ0v) is 7.64. The van der Waals surface area contributed by atoms with Crippen LogP contribution in [-0.4, -0.2) is 12.1 Å². The molecule has 1 rings (SSSR count). The van der Waals surface area contributed by atoms with E-state index in [2.05, 4.69) is 0 Å². The van der Waals surface area contributed by atoms with Crippen LogP contribution in [0.25, 0.3) is 0 Å². The van der Waals surface area contributed by atoms with Crippen LogP contribution in [-0.2, 0) is 9.59 Å². The van der Waals surface area contributed by atoms with E-state index in [0.717, 1.165) is 38.4 Å². The maximum atomic E-state index is 11.4. The summed E-state index contributed by atoms with van der Waals surface area (Å²) in [4.78, 5) is 21.6. The first kappa shape index (κ1) is 9.43. The van der Waals surface area contributed by atoms with Crippen LogP contribution < -0.4 is 0 Å². The standard InChI is InChI=1S/C10H16O2/c1-9(12)10(7-4-8-11)5-2-3-6-10/h8H,2-7H2,1H3. The second kappa shape index (κ2) is 3.83. The number of carbonyl (C=O) groups is 2. The Kier molecular flexibility index (Phi) is 3.01. The molecule has 0 amide bonds. The fourth-order valence-corrected chi connectivity index (χ4v) is 2.17. The van der Waals surface area contributed by atoms with E-state index in [1.165, 1.54) is 0 Å². The second-order valence-electron chi connectivity index (χ2n) is 3.75. The zero-order valence-electron chi connectivity index (χ0n) is 7.64. The van der Waals surface area contributed by atoms with E-state index in [4.69, 9.17) is 0 Å². The summed E-state index contributed by atoms with van der Waals surface area (Å²) in [5.74, 6) is 0.279. The van der Waals surface area contributed by atoms with Gasteiger partial charge in [-0.1, -0.05) is 12.8 Å². The molecule has 68 valence electrons. The molecule has 12 heavy (non-hydrogen) atoms. The van der Waals surface area contributed by atoms with Crippen molar-refractivity contribution >= 4 is 12.1 Å². The molecule has 0 aromatic heterocycles. The van der Waals surface area contributed by atoms with Gasteiger partial charge in [0.15, 0.2) is 0 Å². The van der Waals surface area contributed by atoms with Crippen molar-refractivity contribution < 1.29 is 9.59 Å². The maximum Gasteiger partial charge on any atom is 0.135 e. The van der Waals surface area contributed by atoms with Gasteiger partial charge in [-0.3, -0.25) is 4.79 Å². The molecule has 2 nitrogen and oxygen atoms in total. The first-order valence-corrected chi connectivity index (χ1v) is 4.66. The Labute approximate surface area is 73.3 Å². The fourth-order valence-electron chi connectivity index (χ4n) is 2.17. The van der Waals surface area contributed by atoms with Gasteiger partial charge in [-0.05, 0) is 26.2 Å². The van der Waals surface area contributed by atoms with Gasteiger partial charge in [0.2, 0.25) is 0 Å². The molecule has 0 spiro atoms. The summed E-state index contributed by atoms with van der Waals surface area (Å²) >= 11 is 0. The van der Waals surface area contributed by atoms with Crippen molar-refractivity contribution in [3.8, 4) is 0 Å². The van der Waals surface area contributed by atoms with Gasteiger partial charge in [0, 0.05) is 11.8 Å². The minimum Gasteiger partial charge on any atom is -0.303 e. The van der Waals surface area contributed by atoms with Gasteiger partial charge in [-0.15, -0.1) is 0 Å². The molecule has 0 N–H and O–H groups in total. The molecule has 0 bridgehead atoms. The van der Waals surface area contributed by atoms with Crippen molar-refractivity contribution in [1.29, 1.82) is 0 Å². The predicted molar refractivity (Wildman–Crippen MR) is 46.9 cm³/mol. The van der Waals surface area contributed by atoms with E-state index in [1.54, 1.807) is 6.92 Å². The van der Waals surface area contributed by atoms with Gasteiger partial charge in [0.1, 0.15) is 12.1 Å². The molecule has 0 atom stereocenters. The van der Waals surface area contributed by atoms with Gasteiger partial charge >= 0.3 is 0 Å². The quantitative estimate of drug-likeness (QED) is 0.602. The van der Waals surface area contributed by atoms with E-state index < -0.39 is 0 Å². The van der Waals surface area contributed by atoms with Crippen molar-refractivity contribution in [2.24, 2.45) is 5.41 Å². The summed E-state index contributed by atoms with van der Waals surface area (Å²) in [5, 5.41) is 0. The van der Waals surface area contributed by atoms with E-state index in [1.807, 2.05) is 0 Å². The summed E-state index contributed by atoms with van der Waals surface area (Å²) in [7, 11) is 0. The average molecular weight is 168 g/mol. The average Bonchev–Trinajstić information content (AvgIpc) is 2.50. The summed E-state index contributed by atoms with van der Waals surface area (Å²) in [6, 6.07) is 0. The topological polar surface area (TPSA) is 34.1 Å². The lowest BCUT2D eigenvalue weighted by atomic mass is 9.78. The second-order valence-corrected chi connectivity index (χ2v) is 3.75. The van der Waals surface area contributed by atoms with Crippen LogP contribution in [0.1, 0.15) is 45.4 Å². The first-order chi connectivity index (χ1) is 5.71. The lowest BCUT2D eigenvalue weighted by Gasteiger charge is -2.24. The third-order valence-electron chi connectivity index (χ3n) is 3.05. The molecule has 0 aliphatic heterocycles. The molecule has 2 heteroatoms. The van der Waals surface area contributed by atoms with Crippen LogP contribution in [0.2, 0.25) is 0 Å². The third kappa shape index (κ3) is 1.74. The Balaban J connectivity index is 2.58. The van der Waals surface area contributed by atoms with Crippen LogP contribution in [0.4, 0.5) is 0 Å². The lowest BCUT2D eigenvalue weighted by Crippen LogP contribution is -2.25. The number of hydrogen-bond acceptors (Lipinski definition) is 2. The van der Waals surface area contributed by atoms with E-state index in [9.17, 15) is 9.59 Å². The van der Waals surface area contributed by atoms with Gasteiger partial charge < -0.3 is 4.79 Å². The minimum atomic E-state index is -0.124. The summed E-state index contributed by atoms with van der Waals surface area (Å²) in [6.07, 6.45) is 6.53. The zero-order chi connectivity index (χ0) is 9.03. The van der Waals surface area contributed by atoms with Crippen LogP contribution in [0, 0.1) is 5.41 Å². The number of ketones is 1. The highest BCUT2D eigenvalue weighted by atomic mass is 16.1. The number of Topliss-reactive ketones (excluding diaryl/α,β-unsaturated/α-hetero) is 1. The number of carbonyl (C=O) groups excluding carboxylic acids is 2. The van der Waals surface area contributed by atoms with Crippen LogP contribution >= 0.6 is 0 Å². The van der Waals surface area contributed by atoms with Crippen molar-refractivity contribution in [1.82, 2.24) is 0 Å². The smallest absolute Gasteiger partial charge is 0.135 e. The molecule has 0 radical (unpaired) electrons. The van der Waals surface area contributed by atoms with Gasteiger partial charge in [-0.2, -0.15) is 0 Å². The SMILES string of the molecule is CC(=O)C1(CCC=O)CCCC1. The molecular weight excluding hydrogens is 152 g/mol. The maximum absolute atomic E-state index is 11.4. The molecule has 0 unspecified atom stereocenters. The van der Waals surface area contributed by atoms with Gasteiger partial charge in [0.25, 0.3) is 0 Å². The highest BCUT2D eigenvalue weighted by Crippen LogP contribution is 2.42. The molecule has 0 aromatic carbocycles. The van der Waals surface area contributed by atoms with Crippen molar-refractivity contribution in [3.63, 3.8) is 0 Å². The Morgan fingerprint density at radius 1 is 1.42 bits per heavy atom. The summed E-state index contributed by atoms with van der Waals surface area (Å²) in [5.41, 5.74) is -0.124. The van der Waals surface area contributed by atoms with Crippen LogP contribution in [0.5, 0.6) is 0 Å². The molecule has 1 saturated carbocycles. The fraction of sp³-hybridized carbons (Fsp3) is 0.800. The monoisotopic (exact) mass is 168 g/mol. The molecule has 0 aromatic rings. The highest BCUT2D eigenvalue weighted by Gasteiger charge is 2.37. The summed E-state index contributed by atoms with van der Waals surface area (Å²) < 4.78 is 0. The highest BCUT2D eigenvalue weighted by molar-refractivity contribution is 5.82. The van der Waals surface area contributed by atoms with E-state index >= 15 is 0 Å². The molecule has 1 aliphatic rings. The molecule has 1 aliphatic carbocycles. The van der Waals surface area contributed by atoms with E-state index in [0.29, 0.717) is 6.42 Å². The molecule has 0 heterocycles. The van der Waals surface area contributed by atoms with Crippen molar-refractivity contribution in [2.45, 2.75) is 45.4 Å². The molecular formula is C10H16O2. The first-order valence-electron chi connectivity index (χ1n) is 4.66. The number of hydrogen-bond donors (Lipinski definition) is 0. The largest absolute Gasteiger partial charge is 0.303 e. The Hall–Kier alpha value is -0.660. The normalized spacial score (nSPS) is 20.8. The minimum absolute atomic E-state index is 0.124. The lowest BCUT2D eigenvalue weighted by molar-refractivity contribution is -0.126.